The van der Waals surface area contributed by atoms with Gasteiger partial charge < -0.3 is 15.0 Å². The van der Waals surface area contributed by atoms with Gasteiger partial charge in [0.15, 0.2) is 5.82 Å². The maximum absolute atomic E-state index is 5.42. The predicted molar refractivity (Wildman–Crippen MR) is 59.3 cm³/mol. The number of anilines is 2. The van der Waals surface area contributed by atoms with E-state index >= 15 is 0 Å². The second kappa shape index (κ2) is 3.38. The van der Waals surface area contributed by atoms with E-state index in [2.05, 4.69) is 21.3 Å². The molecule has 4 heteroatoms. The lowest BCUT2D eigenvalue weighted by molar-refractivity contribution is 0.118. The summed E-state index contributed by atoms with van der Waals surface area (Å²) < 4.78 is 5.42. The van der Waals surface area contributed by atoms with E-state index in [1.165, 1.54) is 0 Å². The van der Waals surface area contributed by atoms with E-state index in [1.54, 1.807) is 7.11 Å². The molecule has 2 atom stereocenters. The van der Waals surface area contributed by atoms with Crippen LogP contribution in [0, 0.1) is 0 Å². The number of hydrogen-bond donors (Lipinski definition) is 1. The van der Waals surface area contributed by atoms with Crippen LogP contribution >= 0.6 is 0 Å². The highest BCUT2D eigenvalue weighted by atomic mass is 16.5. The lowest BCUT2D eigenvalue weighted by Crippen LogP contribution is -2.39. The zero-order valence-electron chi connectivity index (χ0n) is 8.81. The Labute approximate surface area is 89.3 Å². The number of nitrogens with zero attached hydrogens (tertiary/aromatic N) is 2. The Bertz CT molecular complexity index is 369. The minimum Gasteiger partial charge on any atom is -0.380 e. The van der Waals surface area contributed by atoms with E-state index in [4.69, 9.17) is 4.74 Å². The third-order valence-corrected chi connectivity index (χ3v) is 3.30. The van der Waals surface area contributed by atoms with Crippen LogP contribution in [-0.4, -0.2) is 37.3 Å². The topological polar surface area (TPSA) is 37.4 Å². The highest BCUT2D eigenvalue weighted by molar-refractivity contribution is 5.69. The van der Waals surface area contributed by atoms with Crippen LogP contribution in [0.4, 0.5) is 11.5 Å². The standard InChI is InChI=1S/C11H15N3O/c1-15-9-5-8-6-13-10-3-2-4-12-11(10)14(8)7-9/h2-4,8-9,13H,5-7H2,1H3. The molecule has 80 valence electrons. The summed E-state index contributed by atoms with van der Waals surface area (Å²) in [5.74, 6) is 1.08. The van der Waals surface area contributed by atoms with Crippen molar-refractivity contribution in [1.82, 2.24) is 4.98 Å². The third kappa shape index (κ3) is 1.36. The Morgan fingerprint density at radius 2 is 2.53 bits per heavy atom. The van der Waals surface area contributed by atoms with Gasteiger partial charge in [-0.25, -0.2) is 4.98 Å². The molecule has 0 bridgehead atoms. The van der Waals surface area contributed by atoms with Crippen molar-refractivity contribution in [3.8, 4) is 0 Å². The molecule has 0 aliphatic carbocycles. The summed E-state index contributed by atoms with van der Waals surface area (Å²) in [6.45, 7) is 1.96. The molecule has 15 heavy (non-hydrogen) atoms. The molecule has 2 aliphatic heterocycles. The van der Waals surface area contributed by atoms with Crippen molar-refractivity contribution < 1.29 is 4.74 Å². The zero-order valence-corrected chi connectivity index (χ0v) is 8.81. The first kappa shape index (κ1) is 8.97. The molecule has 0 aromatic carbocycles. The molecule has 1 aromatic rings. The van der Waals surface area contributed by atoms with Gasteiger partial charge in [-0.05, 0) is 18.6 Å². The molecule has 1 saturated heterocycles. The molecule has 1 fully saturated rings. The fourth-order valence-corrected chi connectivity index (χ4v) is 2.49. The Kier molecular flexibility index (Phi) is 2.02. The molecule has 2 aliphatic rings. The summed E-state index contributed by atoms with van der Waals surface area (Å²) in [4.78, 5) is 6.80. The van der Waals surface area contributed by atoms with Gasteiger partial charge in [-0.2, -0.15) is 0 Å². The molecule has 1 N–H and O–H groups in total. The fraction of sp³-hybridized carbons (Fsp3) is 0.545. The van der Waals surface area contributed by atoms with E-state index in [9.17, 15) is 0 Å². The van der Waals surface area contributed by atoms with Crippen molar-refractivity contribution >= 4 is 11.5 Å². The van der Waals surface area contributed by atoms with Crippen LogP contribution in [0.1, 0.15) is 6.42 Å². The number of nitrogens with one attached hydrogen (secondary N) is 1. The van der Waals surface area contributed by atoms with Crippen LogP contribution in [0.15, 0.2) is 18.3 Å². The number of aromatic nitrogens is 1. The van der Waals surface area contributed by atoms with E-state index in [0.717, 1.165) is 31.0 Å². The van der Waals surface area contributed by atoms with Gasteiger partial charge in [0.2, 0.25) is 0 Å². The Morgan fingerprint density at radius 3 is 3.40 bits per heavy atom. The van der Waals surface area contributed by atoms with E-state index in [0.29, 0.717) is 12.1 Å². The van der Waals surface area contributed by atoms with Crippen molar-refractivity contribution in [1.29, 1.82) is 0 Å². The van der Waals surface area contributed by atoms with E-state index in [-0.39, 0.29) is 0 Å². The first-order valence-corrected chi connectivity index (χ1v) is 5.37. The van der Waals surface area contributed by atoms with Gasteiger partial charge in [0.05, 0.1) is 17.8 Å². The molecule has 0 radical (unpaired) electrons. The molecular weight excluding hydrogens is 190 g/mol. The molecule has 3 rings (SSSR count). The molecule has 2 unspecified atom stereocenters. The summed E-state index contributed by atoms with van der Waals surface area (Å²) >= 11 is 0. The van der Waals surface area contributed by atoms with Crippen molar-refractivity contribution in [3.05, 3.63) is 18.3 Å². The lowest BCUT2D eigenvalue weighted by atomic mass is 10.1. The average molecular weight is 205 g/mol. The smallest absolute Gasteiger partial charge is 0.152 e. The highest BCUT2D eigenvalue weighted by Crippen LogP contribution is 2.34. The molecule has 0 saturated carbocycles. The molecule has 1 aromatic heterocycles. The average Bonchev–Trinajstić information content (AvgIpc) is 2.72. The van der Waals surface area contributed by atoms with Crippen molar-refractivity contribution in [2.45, 2.75) is 18.6 Å². The lowest BCUT2D eigenvalue weighted by Gasteiger charge is -2.32. The minimum absolute atomic E-state index is 0.352. The molecule has 0 amide bonds. The van der Waals surface area contributed by atoms with Crippen LogP contribution in [0.5, 0.6) is 0 Å². The van der Waals surface area contributed by atoms with Gasteiger partial charge in [0.25, 0.3) is 0 Å². The summed E-state index contributed by atoms with van der Waals surface area (Å²) in [6, 6.07) is 4.59. The molecular formula is C11H15N3O. The minimum atomic E-state index is 0.352. The SMILES string of the molecule is COC1CC2CNc3cccnc3N2C1. The monoisotopic (exact) mass is 205 g/mol. The first-order valence-electron chi connectivity index (χ1n) is 5.37. The van der Waals surface area contributed by atoms with E-state index < -0.39 is 0 Å². The van der Waals surface area contributed by atoms with Gasteiger partial charge in [0, 0.05) is 26.4 Å². The normalized spacial score (nSPS) is 28.2. The number of methoxy groups -OCH3 is 1. The summed E-state index contributed by atoms with van der Waals surface area (Å²) in [7, 11) is 1.79. The van der Waals surface area contributed by atoms with Gasteiger partial charge in [-0.1, -0.05) is 0 Å². The second-order valence-electron chi connectivity index (χ2n) is 4.16. The van der Waals surface area contributed by atoms with Crippen LogP contribution in [0.2, 0.25) is 0 Å². The number of fused-ring (bicyclic) bond motifs is 3. The molecule has 0 spiro atoms. The zero-order chi connectivity index (χ0) is 10.3. The first-order chi connectivity index (χ1) is 7.38. The Balaban J connectivity index is 1.93. The van der Waals surface area contributed by atoms with Gasteiger partial charge in [-0.3, -0.25) is 0 Å². The number of ether oxygens (including phenoxy) is 1. The van der Waals surface area contributed by atoms with Crippen LogP contribution in [0.25, 0.3) is 0 Å². The number of rotatable bonds is 1. The van der Waals surface area contributed by atoms with Crippen LogP contribution in [0.3, 0.4) is 0 Å². The summed E-state index contributed by atoms with van der Waals surface area (Å²) in [5, 5.41) is 3.42. The summed E-state index contributed by atoms with van der Waals surface area (Å²) in [6.07, 6.45) is 3.30. The van der Waals surface area contributed by atoms with E-state index in [1.807, 2.05) is 12.3 Å². The van der Waals surface area contributed by atoms with Gasteiger partial charge >= 0.3 is 0 Å². The number of hydrogen-bond acceptors (Lipinski definition) is 4. The van der Waals surface area contributed by atoms with Crippen LogP contribution in [-0.2, 0) is 4.74 Å². The largest absolute Gasteiger partial charge is 0.380 e. The quantitative estimate of drug-likeness (QED) is 0.745. The predicted octanol–water partition coefficient (Wildman–Crippen LogP) is 1.10. The third-order valence-electron chi connectivity index (χ3n) is 3.30. The highest BCUT2D eigenvalue weighted by Gasteiger charge is 2.36. The molecule has 4 nitrogen and oxygen atoms in total. The van der Waals surface area contributed by atoms with Crippen molar-refractivity contribution in [2.24, 2.45) is 0 Å². The fourth-order valence-electron chi connectivity index (χ4n) is 2.49. The Morgan fingerprint density at radius 1 is 1.60 bits per heavy atom. The maximum Gasteiger partial charge on any atom is 0.152 e. The van der Waals surface area contributed by atoms with Crippen molar-refractivity contribution in [2.75, 3.05) is 30.4 Å². The van der Waals surface area contributed by atoms with Gasteiger partial charge in [-0.15, -0.1) is 0 Å². The molecule has 3 heterocycles. The van der Waals surface area contributed by atoms with Crippen molar-refractivity contribution in [3.63, 3.8) is 0 Å². The summed E-state index contributed by atoms with van der Waals surface area (Å²) in [5.41, 5.74) is 1.14. The number of pyridine rings is 1. The van der Waals surface area contributed by atoms with Gasteiger partial charge in [0.1, 0.15) is 0 Å². The maximum atomic E-state index is 5.42. The Hall–Kier alpha value is -1.29. The van der Waals surface area contributed by atoms with Crippen LogP contribution < -0.4 is 10.2 Å². The second-order valence-corrected chi connectivity index (χ2v) is 4.16.